The number of amidine groups is 1. The molecule has 2 amide bonds. The molecule has 2 fully saturated rings. The molecule has 2 heterocycles. The SMILES string of the molecule is CC(C)(C)OC(=O)NCC(=O)N=C1SC2CS(=O)(=O)CC2N1c1cccc(I)c1. The maximum atomic E-state index is 12.3. The Labute approximate surface area is 187 Å². The number of nitrogens with zero attached hydrogens (tertiary/aromatic N) is 2. The van der Waals surface area contributed by atoms with Crippen molar-refractivity contribution in [2.45, 2.75) is 37.7 Å². The average Bonchev–Trinajstić information content (AvgIpc) is 3.02. The van der Waals surface area contributed by atoms with Gasteiger partial charge < -0.3 is 15.0 Å². The van der Waals surface area contributed by atoms with E-state index in [1.807, 2.05) is 29.2 Å². The van der Waals surface area contributed by atoms with E-state index in [-0.39, 0.29) is 29.3 Å². The molecule has 2 atom stereocenters. The summed E-state index contributed by atoms with van der Waals surface area (Å²) < 4.78 is 30.3. The number of hydrogen-bond donors (Lipinski definition) is 1. The number of sulfone groups is 1. The van der Waals surface area contributed by atoms with Gasteiger partial charge in [-0.25, -0.2) is 13.2 Å². The van der Waals surface area contributed by atoms with Crippen LogP contribution in [0.1, 0.15) is 20.8 Å². The van der Waals surface area contributed by atoms with Crippen LogP contribution >= 0.6 is 34.4 Å². The Kier molecular flexibility index (Phi) is 6.49. The highest BCUT2D eigenvalue weighted by atomic mass is 127. The molecule has 0 aliphatic carbocycles. The van der Waals surface area contributed by atoms with Crippen molar-refractivity contribution >= 4 is 67.0 Å². The van der Waals surface area contributed by atoms with Crippen LogP contribution in [-0.4, -0.2) is 60.5 Å². The summed E-state index contributed by atoms with van der Waals surface area (Å²) in [6, 6.07) is 7.33. The van der Waals surface area contributed by atoms with Gasteiger partial charge in [0.25, 0.3) is 5.91 Å². The number of carbonyl (C=O) groups is 2. The molecule has 0 radical (unpaired) electrons. The smallest absolute Gasteiger partial charge is 0.408 e. The molecule has 8 nitrogen and oxygen atoms in total. The van der Waals surface area contributed by atoms with E-state index in [2.05, 4.69) is 32.9 Å². The van der Waals surface area contributed by atoms with Crippen molar-refractivity contribution in [3.63, 3.8) is 0 Å². The van der Waals surface area contributed by atoms with Gasteiger partial charge in [-0.05, 0) is 61.6 Å². The number of carbonyl (C=O) groups excluding carboxylic acids is 2. The summed E-state index contributed by atoms with van der Waals surface area (Å²) in [5, 5.41) is 2.67. The molecule has 1 aromatic rings. The number of fused-ring (bicyclic) bond motifs is 1. The number of nitrogens with one attached hydrogen (secondary N) is 1. The van der Waals surface area contributed by atoms with Crippen molar-refractivity contribution in [1.29, 1.82) is 0 Å². The van der Waals surface area contributed by atoms with Gasteiger partial charge in [-0.2, -0.15) is 4.99 Å². The van der Waals surface area contributed by atoms with Crippen molar-refractivity contribution in [3.8, 4) is 0 Å². The third-order valence-corrected chi connectivity index (χ3v) is 8.04. The Bertz CT molecular complexity index is 958. The molecule has 1 N–H and O–H groups in total. The van der Waals surface area contributed by atoms with Crippen LogP contribution in [0, 0.1) is 3.57 Å². The molecule has 29 heavy (non-hydrogen) atoms. The highest BCUT2D eigenvalue weighted by molar-refractivity contribution is 14.1. The third kappa shape index (κ3) is 5.85. The minimum atomic E-state index is -3.13. The molecule has 2 aliphatic rings. The molecule has 3 rings (SSSR count). The Morgan fingerprint density at radius 3 is 2.72 bits per heavy atom. The van der Waals surface area contributed by atoms with Crippen molar-refractivity contribution in [1.82, 2.24) is 5.32 Å². The summed E-state index contributed by atoms with van der Waals surface area (Å²) in [6.45, 7) is 4.90. The van der Waals surface area contributed by atoms with Crippen LogP contribution in [0.2, 0.25) is 0 Å². The number of ether oxygens (including phenoxy) is 1. The number of anilines is 1. The van der Waals surface area contributed by atoms with Gasteiger partial charge in [-0.1, -0.05) is 17.8 Å². The Balaban J connectivity index is 1.78. The minimum Gasteiger partial charge on any atom is -0.444 e. The second-order valence-electron chi connectivity index (χ2n) is 7.79. The molecule has 1 aromatic carbocycles. The van der Waals surface area contributed by atoms with E-state index in [4.69, 9.17) is 4.74 Å². The van der Waals surface area contributed by atoms with E-state index in [1.165, 1.54) is 11.8 Å². The zero-order chi connectivity index (χ0) is 21.4. The van der Waals surface area contributed by atoms with E-state index < -0.39 is 27.4 Å². The summed E-state index contributed by atoms with van der Waals surface area (Å²) in [6.07, 6.45) is -0.692. The van der Waals surface area contributed by atoms with Gasteiger partial charge in [-0.3, -0.25) is 4.79 Å². The molecule has 2 saturated heterocycles. The van der Waals surface area contributed by atoms with Crippen LogP contribution in [0.25, 0.3) is 0 Å². The maximum absolute atomic E-state index is 12.3. The van der Waals surface area contributed by atoms with Crippen LogP contribution in [-0.2, 0) is 19.4 Å². The van der Waals surface area contributed by atoms with Gasteiger partial charge in [0, 0.05) is 14.5 Å². The topological polar surface area (TPSA) is 105 Å². The summed E-state index contributed by atoms with van der Waals surface area (Å²) in [5.74, 6) is -0.442. The molecule has 2 unspecified atom stereocenters. The lowest BCUT2D eigenvalue weighted by molar-refractivity contribution is -0.117. The molecule has 11 heteroatoms. The zero-order valence-corrected chi connectivity index (χ0v) is 20.0. The quantitative estimate of drug-likeness (QED) is 0.576. The molecule has 2 aliphatic heterocycles. The summed E-state index contributed by atoms with van der Waals surface area (Å²) in [5.41, 5.74) is 0.130. The molecule has 0 aromatic heterocycles. The van der Waals surface area contributed by atoms with Crippen molar-refractivity contribution in [2.75, 3.05) is 23.0 Å². The summed E-state index contributed by atoms with van der Waals surface area (Å²) >= 11 is 3.48. The van der Waals surface area contributed by atoms with E-state index in [9.17, 15) is 18.0 Å². The highest BCUT2D eigenvalue weighted by Crippen LogP contribution is 2.41. The number of thioether (sulfide) groups is 1. The predicted octanol–water partition coefficient (Wildman–Crippen LogP) is 2.42. The first-order valence-electron chi connectivity index (χ1n) is 8.94. The van der Waals surface area contributed by atoms with Crippen LogP contribution in [0.15, 0.2) is 29.3 Å². The first-order chi connectivity index (χ1) is 13.4. The van der Waals surface area contributed by atoms with Crippen LogP contribution < -0.4 is 10.2 Å². The second kappa shape index (κ2) is 8.42. The first-order valence-corrected chi connectivity index (χ1v) is 12.7. The normalized spacial score (nSPS) is 24.4. The van der Waals surface area contributed by atoms with Gasteiger partial charge in [0.05, 0.1) is 17.5 Å². The molecular weight excluding hydrogens is 529 g/mol. The van der Waals surface area contributed by atoms with E-state index in [0.29, 0.717) is 5.17 Å². The van der Waals surface area contributed by atoms with Crippen molar-refractivity contribution in [2.24, 2.45) is 4.99 Å². The van der Waals surface area contributed by atoms with Gasteiger partial charge in [0.15, 0.2) is 15.0 Å². The summed E-state index contributed by atoms with van der Waals surface area (Å²) in [4.78, 5) is 30.1. The largest absolute Gasteiger partial charge is 0.444 e. The highest BCUT2D eigenvalue weighted by Gasteiger charge is 2.49. The Morgan fingerprint density at radius 1 is 1.34 bits per heavy atom. The van der Waals surface area contributed by atoms with Gasteiger partial charge in [0.2, 0.25) is 0 Å². The van der Waals surface area contributed by atoms with Gasteiger partial charge in [-0.15, -0.1) is 0 Å². The Hall–Kier alpha value is -1.34. The fourth-order valence-corrected chi connectivity index (χ4v) is 7.56. The van der Waals surface area contributed by atoms with Crippen LogP contribution in [0.5, 0.6) is 0 Å². The number of benzene rings is 1. The molecular formula is C18H22IN3O5S2. The number of aliphatic imine (C=N–C) groups is 1. The lowest BCUT2D eigenvalue weighted by Gasteiger charge is -2.24. The van der Waals surface area contributed by atoms with E-state index in [1.54, 1.807) is 20.8 Å². The van der Waals surface area contributed by atoms with Crippen molar-refractivity contribution in [3.05, 3.63) is 27.8 Å². The average molecular weight is 551 g/mol. The zero-order valence-electron chi connectivity index (χ0n) is 16.2. The lowest BCUT2D eigenvalue weighted by Crippen LogP contribution is -2.38. The second-order valence-corrected chi connectivity index (χ2v) is 12.4. The fraction of sp³-hybridized carbons (Fsp3) is 0.500. The minimum absolute atomic E-state index is 0.0273. The lowest BCUT2D eigenvalue weighted by atomic mass is 10.2. The molecule has 0 saturated carbocycles. The van der Waals surface area contributed by atoms with E-state index >= 15 is 0 Å². The van der Waals surface area contributed by atoms with Crippen LogP contribution in [0.3, 0.4) is 0 Å². The van der Waals surface area contributed by atoms with Gasteiger partial charge in [0.1, 0.15) is 12.1 Å². The number of alkyl carbamates (subject to hydrolysis) is 1. The number of amides is 2. The fourth-order valence-electron chi connectivity index (χ4n) is 3.10. The third-order valence-electron chi connectivity index (χ3n) is 4.16. The monoisotopic (exact) mass is 551 g/mol. The first kappa shape index (κ1) is 22.3. The Morgan fingerprint density at radius 2 is 2.07 bits per heavy atom. The summed E-state index contributed by atoms with van der Waals surface area (Å²) in [7, 11) is -3.13. The van der Waals surface area contributed by atoms with Crippen molar-refractivity contribution < 1.29 is 22.7 Å². The number of rotatable bonds is 3. The van der Waals surface area contributed by atoms with Gasteiger partial charge >= 0.3 is 6.09 Å². The molecule has 0 spiro atoms. The molecule has 0 bridgehead atoms. The standard InChI is InChI=1S/C18H22IN3O5S2/c1-18(2,3)27-17(24)20-8-15(23)21-16-22(12-6-4-5-11(19)7-12)13-9-29(25,26)10-14(13)28-16/h4-7,13-14H,8-10H2,1-3H3,(H,20,24). The predicted molar refractivity (Wildman–Crippen MR) is 122 cm³/mol. The maximum Gasteiger partial charge on any atom is 0.408 e. The molecule has 158 valence electrons. The van der Waals surface area contributed by atoms with E-state index in [0.717, 1.165) is 9.26 Å². The van der Waals surface area contributed by atoms with Crippen LogP contribution in [0.4, 0.5) is 10.5 Å². The number of halogens is 1. The number of hydrogen-bond acceptors (Lipinski definition) is 6.